The highest BCUT2D eigenvalue weighted by Crippen LogP contribution is 2.29. The number of thioether (sulfide) groups is 1. The number of hydrogen-bond acceptors (Lipinski definition) is 6. The van der Waals surface area contributed by atoms with Gasteiger partial charge >= 0.3 is 0 Å². The molecule has 2 atom stereocenters. The van der Waals surface area contributed by atoms with E-state index in [1.54, 1.807) is 24.3 Å². The summed E-state index contributed by atoms with van der Waals surface area (Å²) in [7, 11) is 0. The highest BCUT2D eigenvalue weighted by atomic mass is 32.2. The molecule has 0 aliphatic carbocycles. The average molecular weight is 345 g/mol. The molecule has 0 saturated carbocycles. The Morgan fingerprint density at radius 3 is 2.75 bits per heavy atom. The summed E-state index contributed by atoms with van der Waals surface area (Å²) in [5, 5.41) is 9.51. The number of hydrogen-bond donors (Lipinski definition) is 0. The van der Waals surface area contributed by atoms with Crippen molar-refractivity contribution in [1.82, 2.24) is 14.8 Å². The van der Waals surface area contributed by atoms with Gasteiger partial charge in [0.2, 0.25) is 5.82 Å². The van der Waals surface area contributed by atoms with Crippen molar-refractivity contribution in [2.45, 2.75) is 43.7 Å². The van der Waals surface area contributed by atoms with E-state index in [9.17, 15) is 0 Å². The van der Waals surface area contributed by atoms with Gasteiger partial charge in [0, 0.05) is 5.75 Å². The van der Waals surface area contributed by atoms with Gasteiger partial charge < -0.3 is 13.6 Å². The Kier molecular flexibility index (Phi) is 4.44. The maximum Gasteiger partial charge on any atom is 0.200 e. The highest BCUT2D eigenvalue weighted by molar-refractivity contribution is 7.99. The Morgan fingerprint density at radius 2 is 2.04 bits per heavy atom. The number of furan rings is 2. The van der Waals surface area contributed by atoms with Crippen molar-refractivity contribution in [1.29, 1.82) is 0 Å². The van der Waals surface area contributed by atoms with Crippen LogP contribution in [0.2, 0.25) is 0 Å². The SMILES string of the molecule is C[C@H]1CC[C@@H](CSc2nnc(-c3ccco3)n2Cc2ccco2)O1. The first-order valence-corrected chi connectivity index (χ1v) is 9.06. The molecule has 0 N–H and O–H groups in total. The van der Waals surface area contributed by atoms with E-state index < -0.39 is 0 Å². The van der Waals surface area contributed by atoms with Gasteiger partial charge in [0.15, 0.2) is 10.9 Å². The summed E-state index contributed by atoms with van der Waals surface area (Å²) in [4.78, 5) is 0. The predicted molar refractivity (Wildman–Crippen MR) is 89.8 cm³/mol. The third-order valence-electron chi connectivity index (χ3n) is 4.07. The largest absolute Gasteiger partial charge is 0.467 e. The molecule has 1 fully saturated rings. The van der Waals surface area contributed by atoms with E-state index in [0.717, 1.165) is 29.5 Å². The molecule has 0 unspecified atom stereocenters. The second-order valence-corrected chi connectivity index (χ2v) is 6.89. The monoisotopic (exact) mass is 345 g/mol. The highest BCUT2D eigenvalue weighted by Gasteiger charge is 2.24. The van der Waals surface area contributed by atoms with E-state index in [1.165, 1.54) is 0 Å². The molecule has 3 aromatic rings. The van der Waals surface area contributed by atoms with E-state index in [0.29, 0.717) is 24.2 Å². The lowest BCUT2D eigenvalue weighted by Crippen LogP contribution is -2.12. The van der Waals surface area contributed by atoms with Gasteiger partial charge in [-0.3, -0.25) is 4.57 Å². The van der Waals surface area contributed by atoms with Crippen molar-refractivity contribution in [3.63, 3.8) is 0 Å². The smallest absolute Gasteiger partial charge is 0.200 e. The van der Waals surface area contributed by atoms with Gasteiger partial charge in [-0.1, -0.05) is 11.8 Å². The van der Waals surface area contributed by atoms with E-state index in [2.05, 4.69) is 17.1 Å². The van der Waals surface area contributed by atoms with Crippen molar-refractivity contribution in [3.05, 3.63) is 42.6 Å². The number of ether oxygens (including phenoxy) is 1. The minimum absolute atomic E-state index is 0.283. The molecule has 24 heavy (non-hydrogen) atoms. The number of rotatable bonds is 6. The van der Waals surface area contributed by atoms with Crippen LogP contribution in [0.4, 0.5) is 0 Å². The predicted octanol–water partition coefficient (Wildman–Crippen LogP) is 3.84. The molecule has 0 spiro atoms. The van der Waals surface area contributed by atoms with Crippen LogP contribution < -0.4 is 0 Å². The van der Waals surface area contributed by atoms with Crippen molar-refractivity contribution >= 4 is 11.8 Å². The van der Waals surface area contributed by atoms with Crippen LogP contribution in [0.25, 0.3) is 11.6 Å². The minimum atomic E-state index is 0.283. The molecule has 0 bridgehead atoms. The molecule has 1 aliphatic heterocycles. The lowest BCUT2D eigenvalue weighted by atomic mass is 10.2. The molecule has 0 amide bonds. The third-order valence-corrected chi connectivity index (χ3v) is 5.17. The molecule has 0 aromatic carbocycles. The fraction of sp³-hybridized carbons (Fsp3) is 0.412. The fourth-order valence-electron chi connectivity index (χ4n) is 2.86. The maximum atomic E-state index is 5.89. The molecule has 4 heterocycles. The third kappa shape index (κ3) is 3.27. The molecular weight excluding hydrogens is 326 g/mol. The standard InChI is InChI=1S/C17H19N3O3S/c1-12-6-7-14(23-12)11-24-17-19-18-16(15-5-3-9-22-15)20(17)10-13-4-2-8-21-13/h2-5,8-9,12,14H,6-7,10-11H2,1H3/t12-,14-/m0/s1. The molecule has 6 nitrogen and oxygen atoms in total. The van der Waals surface area contributed by atoms with E-state index in [-0.39, 0.29) is 6.10 Å². The quantitative estimate of drug-likeness (QED) is 0.632. The molecule has 3 aromatic heterocycles. The van der Waals surface area contributed by atoms with E-state index >= 15 is 0 Å². The Bertz CT molecular complexity index is 767. The Morgan fingerprint density at radius 1 is 1.17 bits per heavy atom. The normalized spacial score (nSPS) is 20.7. The summed E-state index contributed by atoms with van der Waals surface area (Å²) in [5.41, 5.74) is 0. The van der Waals surface area contributed by atoms with E-state index in [1.807, 2.05) is 28.8 Å². The lowest BCUT2D eigenvalue weighted by Gasteiger charge is -2.11. The zero-order chi connectivity index (χ0) is 16.4. The second kappa shape index (κ2) is 6.86. The van der Waals surface area contributed by atoms with Gasteiger partial charge in [0.05, 0.1) is 31.3 Å². The Balaban J connectivity index is 1.56. The van der Waals surface area contributed by atoms with Crippen LogP contribution in [0.3, 0.4) is 0 Å². The fourth-order valence-corrected chi connectivity index (χ4v) is 3.85. The summed E-state index contributed by atoms with van der Waals surface area (Å²) in [6, 6.07) is 7.57. The van der Waals surface area contributed by atoms with E-state index in [4.69, 9.17) is 13.6 Å². The van der Waals surface area contributed by atoms with Gasteiger partial charge in [-0.05, 0) is 44.0 Å². The minimum Gasteiger partial charge on any atom is -0.467 e. The van der Waals surface area contributed by atoms with Crippen molar-refractivity contribution < 1.29 is 13.6 Å². The van der Waals surface area contributed by atoms with Crippen LogP contribution >= 0.6 is 11.8 Å². The van der Waals surface area contributed by atoms with Crippen LogP contribution in [-0.4, -0.2) is 32.7 Å². The zero-order valence-electron chi connectivity index (χ0n) is 13.4. The van der Waals surface area contributed by atoms with Crippen LogP contribution in [0.1, 0.15) is 25.5 Å². The van der Waals surface area contributed by atoms with Gasteiger partial charge in [0.1, 0.15) is 5.76 Å². The van der Waals surface area contributed by atoms with Crippen molar-refractivity contribution in [2.75, 3.05) is 5.75 Å². The summed E-state index contributed by atoms with van der Waals surface area (Å²) >= 11 is 1.67. The first-order chi connectivity index (χ1) is 11.8. The zero-order valence-corrected chi connectivity index (χ0v) is 14.2. The summed E-state index contributed by atoms with van der Waals surface area (Å²) in [5.74, 6) is 3.14. The maximum absolute atomic E-state index is 5.89. The lowest BCUT2D eigenvalue weighted by molar-refractivity contribution is 0.0699. The van der Waals surface area contributed by atoms with Gasteiger partial charge in [-0.25, -0.2) is 0 Å². The van der Waals surface area contributed by atoms with Crippen molar-refractivity contribution in [3.8, 4) is 11.6 Å². The molecular formula is C17H19N3O3S. The first kappa shape index (κ1) is 15.5. The van der Waals surface area contributed by atoms with Crippen molar-refractivity contribution in [2.24, 2.45) is 0 Å². The number of aromatic nitrogens is 3. The van der Waals surface area contributed by atoms with Gasteiger partial charge in [-0.15, -0.1) is 10.2 Å². The van der Waals surface area contributed by atoms with Crippen LogP contribution in [-0.2, 0) is 11.3 Å². The van der Waals surface area contributed by atoms with Gasteiger partial charge in [0.25, 0.3) is 0 Å². The summed E-state index contributed by atoms with van der Waals surface area (Å²) in [6.07, 6.45) is 6.18. The summed E-state index contributed by atoms with van der Waals surface area (Å²) < 4.78 is 18.9. The number of nitrogens with zero attached hydrogens (tertiary/aromatic N) is 3. The molecule has 126 valence electrons. The Labute approximate surface area is 144 Å². The molecule has 0 radical (unpaired) electrons. The van der Waals surface area contributed by atoms with Gasteiger partial charge in [-0.2, -0.15) is 0 Å². The average Bonchev–Trinajstić information content (AvgIpc) is 3.34. The molecule has 1 saturated heterocycles. The molecule has 4 rings (SSSR count). The second-order valence-electron chi connectivity index (χ2n) is 5.91. The molecule has 1 aliphatic rings. The van der Waals surface area contributed by atoms with Crippen LogP contribution in [0, 0.1) is 0 Å². The molecule has 7 heteroatoms. The first-order valence-electron chi connectivity index (χ1n) is 8.07. The van der Waals surface area contributed by atoms with Crippen LogP contribution in [0.5, 0.6) is 0 Å². The van der Waals surface area contributed by atoms with Crippen LogP contribution in [0.15, 0.2) is 50.8 Å². The topological polar surface area (TPSA) is 66.2 Å². The Hall–Kier alpha value is -1.99. The summed E-state index contributed by atoms with van der Waals surface area (Å²) in [6.45, 7) is 2.69.